The minimum absolute atomic E-state index is 0.121. The summed E-state index contributed by atoms with van der Waals surface area (Å²) in [5.74, 6) is 0.950. The van der Waals surface area contributed by atoms with Crippen LogP contribution in [-0.4, -0.2) is 49.5 Å². The predicted octanol–water partition coefficient (Wildman–Crippen LogP) is 3.90. The van der Waals surface area contributed by atoms with Crippen molar-refractivity contribution in [3.05, 3.63) is 35.9 Å². The lowest BCUT2D eigenvalue weighted by atomic mass is 10.1. The summed E-state index contributed by atoms with van der Waals surface area (Å²) in [5, 5.41) is 0.221. The average molecular weight is 325 g/mol. The molecule has 3 nitrogen and oxygen atoms in total. The summed E-state index contributed by atoms with van der Waals surface area (Å²) in [6.45, 7) is 10.2. The van der Waals surface area contributed by atoms with Crippen molar-refractivity contribution in [2.75, 3.05) is 39.0 Å². The van der Waals surface area contributed by atoms with Gasteiger partial charge in [-0.3, -0.25) is 4.79 Å². The highest BCUT2D eigenvalue weighted by molar-refractivity contribution is 7.99. The molecule has 1 atom stereocenters. The largest absolute Gasteiger partial charge is 0.464 e. The van der Waals surface area contributed by atoms with E-state index >= 15 is 0 Å². The number of nitrogens with zero attached hydrogens (tertiary/aromatic N) is 1. The van der Waals surface area contributed by atoms with Crippen LogP contribution in [0.3, 0.4) is 0 Å². The number of esters is 1. The molecule has 0 aliphatic rings. The molecule has 22 heavy (non-hydrogen) atoms. The molecule has 0 unspecified atom stereocenters. The van der Waals surface area contributed by atoms with Crippen LogP contribution >= 0.6 is 11.8 Å². The standard InChI is InChI=1S/C18H30NO2S/c1-5-18(20)21-15-17(16-11-9-8-10-12-16)22-14-13-19(4,6-2)7-3/h8-12,17H,5-7,13-15H2,1-4H3/q+1/t17-/m0/s1. The van der Waals surface area contributed by atoms with E-state index in [-0.39, 0.29) is 11.2 Å². The third kappa shape index (κ3) is 6.41. The molecular formula is C18H30NO2S+. The van der Waals surface area contributed by atoms with Crippen LogP contribution in [-0.2, 0) is 9.53 Å². The predicted molar refractivity (Wildman–Crippen MR) is 95.0 cm³/mol. The van der Waals surface area contributed by atoms with Gasteiger partial charge in [0.25, 0.3) is 0 Å². The zero-order chi connectivity index (χ0) is 16.4. The van der Waals surface area contributed by atoms with Gasteiger partial charge in [0.1, 0.15) is 6.61 Å². The van der Waals surface area contributed by atoms with Gasteiger partial charge in [0.2, 0.25) is 0 Å². The number of carbonyl (C=O) groups excluding carboxylic acids is 1. The van der Waals surface area contributed by atoms with Crippen LogP contribution in [0.15, 0.2) is 30.3 Å². The fourth-order valence-corrected chi connectivity index (χ4v) is 3.48. The molecule has 1 rings (SSSR count). The van der Waals surface area contributed by atoms with Gasteiger partial charge in [0.05, 0.1) is 31.9 Å². The molecule has 0 aromatic heterocycles. The van der Waals surface area contributed by atoms with Crippen molar-refractivity contribution in [3.63, 3.8) is 0 Å². The number of ether oxygens (including phenoxy) is 1. The first-order chi connectivity index (χ1) is 10.5. The van der Waals surface area contributed by atoms with E-state index < -0.39 is 0 Å². The molecule has 0 spiro atoms. The Morgan fingerprint density at radius 3 is 2.36 bits per heavy atom. The number of quaternary nitrogens is 1. The maximum atomic E-state index is 11.4. The van der Waals surface area contributed by atoms with Crippen molar-refractivity contribution in [1.82, 2.24) is 0 Å². The highest BCUT2D eigenvalue weighted by Crippen LogP contribution is 2.29. The molecule has 0 bridgehead atoms. The van der Waals surface area contributed by atoms with Crippen molar-refractivity contribution in [2.45, 2.75) is 32.4 Å². The molecular weight excluding hydrogens is 294 g/mol. The van der Waals surface area contributed by atoms with Crippen LogP contribution in [0.25, 0.3) is 0 Å². The van der Waals surface area contributed by atoms with E-state index in [0.717, 1.165) is 29.9 Å². The van der Waals surface area contributed by atoms with Gasteiger partial charge in [-0.05, 0) is 19.4 Å². The van der Waals surface area contributed by atoms with E-state index in [9.17, 15) is 4.79 Å². The SMILES string of the molecule is CCC(=O)OC[C@H](SCC[N+](C)(CC)CC)c1ccccc1. The van der Waals surface area contributed by atoms with Crippen molar-refractivity contribution < 1.29 is 14.0 Å². The summed E-state index contributed by atoms with van der Waals surface area (Å²) in [6.07, 6.45) is 0.437. The van der Waals surface area contributed by atoms with Crippen LogP contribution in [0, 0.1) is 0 Å². The van der Waals surface area contributed by atoms with E-state index in [1.807, 2.05) is 36.9 Å². The molecule has 0 radical (unpaired) electrons. The van der Waals surface area contributed by atoms with E-state index in [4.69, 9.17) is 4.74 Å². The number of hydrogen-bond acceptors (Lipinski definition) is 3. The summed E-state index contributed by atoms with van der Waals surface area (Å²) in [7, 11) is 2.30. The Bertz CT molecular complexity index is 432. The summed E-state index contributed by atoms with van der Waals surface area (Å²) in [6, 6.07) is 10.3. The van der Waals surface area contributed by atoms with Crippen LogP contribution in [0.2, 0.25) is 0 Å². The number of rotatable bonds is 10. The van der Waals surface area contributed by atoms with E-state index in [0.29, 0.717) is 13.0 Å². The Morgan fingerprint density at radius 1 is 1.18 bits per heavy atom. The van der Waals surface area contributed by atoms with Gasteiger partial charge < -0.3 is 9.22 Å². The minimum Gasteiger partial charge on any atom is -0.464 e. The summed E-state index contributed by atoms with van der Waals surface area (Å²) in [4.78, 5) is 11.4. The normalized spacial score (nSPS) is 12.9. The quantitative estimate of drug-likeness (QED) is 0.482. The van der Waals surface area contributed by atoms with Gasteiger partial charge in [0.15, 0.2) is 0 Å². The minimum atomic E-state index is -0.121. The van der Waals surface area contributed by atoms with Crippen molar-refractivity contribution >= 4 is 17.7 Å². The van der Waals surface area contributed by atoms with E-state index in [1.54, 1.807) is 0 Å². The van der Waals surface area contributed by atoms with Gasteiger partial charge in [-0.2, -0.15) is 0 Å². The fourth-order valence-electron chi connectivity index (χ4n) is 2.13. The van der Waals surface area contributed by atoms with Crippen LogP contribution in [0.1, 0.15) is 38.0 Å². The second kappa shape index (κ2) is 9.90. The third-order valence-corrected chi connectivity index (χ3v) is 5.56. The zero-order valence-corrected chi connectivity index (χ0v) is 15.2. The van der Waals surface area contributed by atoms with Crippen LogP contribution < -0.4 is 0 Å². The number of thioether (sulfide) groups is 1. The lowest BCUT2D eigenvalue weighted by Crippen LogP contribution is -2.45. The molecule has 0 N–H and O–H groups in total. The number of benzene rings is 1. The topological polar surface area (TPSA) is 26.3 Å². The molecule has 4 heteroatoms. The lowest BCUT2D eigenvalue weighted by Gasteiger charge is -2.32. The smallest absolute Gasteiger partial charge is 0.305 e. The Kier molecular flexibility index (Phi) is 8.57. The van der Waals surface area contributed by atoms with Gasteiger partial charge in [-0.15, -0.1) is 11.8 Å². The summed E-state index contributed by atoms with van der Waals surface area (Å²) in [5.41, 5.74) is 1.23. The first kappa shape index (κ1) is 19.0. The molecule has 1 aromatic rings. The first-order valence-corrected chi connectivity index (χ1v) is 9.25. The van der Waals surface area contributed by atoms with E-state index in [2.05, 4.69) is 33.0 Å². The molecule has 124 valence electrons. The van der Waals surface area contributed by atoms with Gasteiger partial charge in [0, 0.05) is 12.2 Å². The Labute approximate surface area is 139 Å². The molecule has 0 saturated carbocycles. The monoisotopic (exact) mass is 324 g/mol. The molecule has 0 fully saturated rings. The third-order valence-electron chi connectivity index (χ3n) is 4.33. The Morgan fingerprint density at radius 2 is 1.82 bits per heavy atom. The summed E-state index contributed by atoms with van der Waals surface area (Å²) < 4.78 is 6.46. The van der Waals surface area contributed by atoms with Crippen LogP contribution in [0.4, 0.5) is 0 Å². The highest BCUT2D eigenvalue weighted by Gasteiger charge is 2.19. The number of carbonyl (C=O) groups is 1. The van der Waals surface area contributed by atoms with E-state index in [1.165, 1.54) is 5.56 Å². The molecule has 0 aliphatic heterocycles. The first-order valence-electron chi connectivity index (χ1n) is 8.20. The molecule has 0 aliphatic carbocycles. The maximum Gasteiger partial charge on any atom is 0.305 e. The number of hydrogen-bond donors (Lipinski definition) is 0. The van der Waals surface area contributed by atoms with Gasteiger partial charge in [-0.25, -0.2) is 0 Å². The second-order valence-corrected chi connectivity index (χ2v) is 7.09. The molecule has 0 amide bonds. The molecule has 0 saturated heterocycles. The maximum absolute atomic E-state index is 11.4. The van der Waals surface area contributed by atoms with Crippen molar-refractivity contribution in [3.8, 4) is 0 Å². The highest BCUT2D eigenvalue weighted by atomic mass is 32.2. The lowest BCUT2D eigenvalue weighted by molar-refractivity contribution is -0.903. The second-order valence-electron chi connectivity index (χ2n) is 5.78. The summed E-state index contributed by atoms with van der Waals surface area (Å²) >= 11 is 1.89. The zero-order valence-electron chi connectivity index (χ0n) is 14.4. The molecule has 1 aromatic carbocycles. The average Bonchev–Trinajstić information content (AvgIpc) is 2.58. The molecule has 0 heterocycles. The Hall–Kier alpha value is -1.00. The van der Waals surface area contributed by atoms with Gasteiger partial charge in [-0.1, -0.05) is 37.3 Å². The van der Waals surface area contributed by atoms with Crippen molar-refractivity contribution in [2.24, 2.45) is 0 Å². The van der Waals surface area contributed by atoms with Gasteiger partial charge >= 0.3 is 5.97 Å². The van der Waals surface area contributed by atoms with Crippen LogP contribution in [0.5, 0.6) is 0 Å². The fraction of sp³-hybridized carbons (Fsp3) is 0.611. The van der Waals surface area contributed by atoms with Crippen molar-refractivity contribution in [1.29, 1.82) is 0 Å². The Balaban J connectivity index is 2.61.